The fraction of sp³-hybridized carbons (Fsp3) is 0.462. The van der Waals surface area contributed by atoms with Crippen molar-refractivity contribution < 1.29 is 9.53 Å². The molecule has 0 radical (unpaired) electrons. The SMILES string of the molecule is COCCNCC(=O)N[C@H](C)c1ccccc1. The molecule has 4 heteroatoms. The molecular formula is C13H20N2O2. The lowest BCUT2D eigenvalue weighted by Crippen LogP contribution is -2.36. The predicted molar refractivity (Wildman–Crippen MR) is 67.7 cm³/mol. The molecule has 17 heavy (non-hydrogen) atoms. The van der Waals surface area contributed by atoms with Gasteiger partial charge in [0.2, 0.25) is 5.91 Å². The standard InChI is InChI=1S/C13H20N2O2/c1-11(12-6-4-3-5-7-12)15-13(16)10-14-8-9-17-2/h3-7,11,14H,8-10H2,1-2H3,(H,15,16)/t11-/m1/s1. The number of nitrogens with one attached hydrogen (secondary N) is 2. The summed E-state index contributed by atoms with van der Waals surface area (Å²) in [6, 6.07) is 9.94. The van der Waals surface area contributed by atoms with Crippen molar-refractivity contribution in [3.05, 3.63) is 35.9 Å². The maximum absolute atomic E-state index is 11.6. The van der Waals surface area contributed by atoms with E-state index in [0.29, 0.717) is 19.7 Å². The third-order valence-electron chi connectivity index (χ3n) is 2.45. The zero-order chi connectivity index (χ0) is 12.5. The molecule has 4 nitrogen and oxygen atoms in total. The van der Waals surface area contributed by atoms with E-state index >= 15 is 0 Å². The van der Waals surface area contributed by atoms with E-state index in [2.05, 4.69) is 10.6 Å². The largest absolute Gasteiger partial charge is 0.383 e. The Morgan fingerprint density at radius 3 is 2.71 bits per heavy atom. The molecule has 0 aromatic heterocycles. The third-order valence-corrected chi connectivity index (χ3v) is 2.45. The molecule has 0 aliphatic heterocycles. The van der Waals surface area contributed by atoms with Gasteiger partial charge in [0.1, 0.15) is 0 Å². The van der Waals surface area contributed by atoms with Gasteiger partial charge >= 0.3 is 0 Å². The molecular weight excluding hydrogens is 216 g/mol. The molecule has 0 saturated carbocycles. The minimum absolute atomic E-state index is 0.00236. The van der Waals surface area contributed by atoms with E-state index in [1.807, 2.05) is 37.3 Å². The Labute approximate surface area is 102 Å². The molecule has 0 aliphatic carbocycles. The summed E-state index contributed by atoms with van der Waals surface area (Å²) in [5.74, 6) is -0.00236. The molecule has 1 atom stereocenters. The minimum atomic E-state index is -0.00236. The summed E-state index contributed by atoms with van der Waals surface area (Å²) in [4.78, 5) is 11.6. The molecule has 0 bridgehead atoms. The van der Waals surface area contributed by atoms with Crippen LogP contribution in [0.15, 0.2) is 30.3 Å². The van der Waals surface area contributed by atoms with Gasteiger partial charge in [-0.25, -0.2) is 0 Å². The zero-order valence-electron chi connectivity index (χ0n) is 10.4. The van der Waals surface area contributed by atoms with E-state index in [1.54, 1.807) is 7.11 Å². The van der Waals surface area contributed by atoms with Crippen LogP contribution in [0.4, 0.5) is 0 Å². The molecule has 0 heterocycles. The molecule has 0 saturated heterocycles. The van der Waals surface area contributed by atoms with Crippen molar-refractivity contribution in [2.75, 3.05) is 26.8 Å². The van der Waals surface area contributed by atoms with Crippen LogP contribution in [0.5, 0.6) is 0 Å². The predicted octanol–water partition coefficient (Wildman–Crippen LogP) is 1.10. The highest BCUT2D eigenvalue weighted by atomic mass is 16.5. The Kier molecular flexibility index (Phi) is 6.29. The van der Waals surface area contributed by atoms with Gasteiger partial charge in [-0.15, -0.1) is 0 Å². The smallest absolute Gasteiger partial charge is 0.234 e. The summed E-state index contributed by atoms with van der Waals surface area (Å²) in [6.45, 7) is 3.59. The molecule has 94 valence electrons. The molecule has 0 fully saturated rings. The van der Waals surface area contributed by atoms with Crippen LogP contribution in [0.2, 0.25) is 0 Å². The summed E-state index contributed by atoms with van der Waals surface area (Å²) in [5, 5.41) is 5.94. The van der Waals surface area contributed by atoms with Crippen LogP contribution >= 0.6 is 0 Å². The van der Waals surface area contributed by atoms with E-state index in [9.17, 15) is 4.79 Å². The normalized spacial score (nSPS) is 12.1. The molecule has 1 rings (SSSR count). The lowest BCUT2D eigenvalue weighted by Gasteiger charge is -2.14. The van der Waals surface area contributed by atoms with E-state index in [1.165, 1.54) is 0 Å². The van der Waals surface area contributed by atoms with Gasteiger partial charge in [-0.3, -0.25) is 4.79 Å². The maximum Gasteiger partial charge on any atom is 0.234 e. The number of ether oxygens (including phenoxy) is 1. The highest BCUT2D eigenvalue weighted by Crippen LogP contribution is 2.10. The molecule has 0 aliphatic rings. The van der Waals surface area contributed by atoms with Gasteiger partial charge in [0, 0.05) is 13.7 Å². The van der Waals surface area contributed by atoms with Crippen LogP contribution in [0.1, 0.15) is 18.5 Å². The van der Waals surface area contributed by atoms with Gasteiger partial charge in [0.25, 0.3) is 0 Å². The molecule has 1 amide bonds. The van der Waals surface area contributed by atoms with E-state index < -0.39 is 0 Å². The second kappa shape index (κ2) is 7.81. The van der Waals surface area contributed by atoms with E-state index in [4.69, 9.17) is 4.74 Å². The Balaban J connectivity index is 2.26. The fourth-order valence-electron chi connectivity index (χ4n) is 1.49. The van der Waals surface area contributed by atoms with Gasteiger partial charge in [-0.2, -0.15) is 0 Å². The Bertz CT molecular complexity index is 327. The topological polar surface area (TPSA) is 50.4 Å². The zero-order valence-corrected chi connectivity index (χ0v) is 10.4. The number of carbonyl (C=O) groups excluding carboxylic acids is 1. The number of amides is 1. The lowest BCUT2D eigenvalue weighted by molar-refractivity contribution is -0.120. The van der Waals surface area contributed by atoms with Crippen molar-refractivity contribution in [1.29, 1.82) is 0 Å². The monoisotopic (exact) mass is 236 g/mol. The number of carbonyl (C=O) groups is 1. The number of rotatable bonds is 7. The number of hydrogen-bond acceptors (Lipinski definition) is 3. The fourth-order valence-corrected chi connectivity index (χ4v) is 1.49. The second-order valence-corrected chi connectivity index (χ2v) is 3.87. The Morgan fingerprint density at radius 1 is 1.35 bits per heavy atom. The average Bonchev–Trinajstić information content (AvgIpc) is 2.36. The van der Waals surface area contributed by atoms with Crippen LogP contribution in [0, 0.1) is 0 Å². The van der Waals surface area contributed by atoms with Gasteiger partial charge in [-0.1, -0.05) is 30.3 Å². The highest BCUT2D eigenvalue weighted by molar-refractivity contribution is 5.78. The first-order valence-electron chi connectivity index (χ1n) is 5.78. The first-order chi connectivity index (χ1) is 8.24. The van der Waals surface area contributed by atoms with E-state index in [-0.39, 0.29) is 11.9 Å². The van der Waals surface area contributed by atoms with Crippen LogP contribution in [-0.2, 0) is 9.53 Å². The number of hydrogen-bond donors (Lipinski definition) is 2. The Hall–Kier alpha value is -1.39. The molecule has 0 unspecified atom stereocenters. The van der Waals surface area contributed by atoms with Crippen molar-refractivity contribution in [3.63, 3.8) is 0 Å². The van der Waals surface area contributed by atoms with Gasteiger partial charge in [0.05, 0.1) is 19.2 Å². The number of benzene rings is 1. The summed E-state index contributed by atoms with van der Waals surface area (Å²) >= 11 is 0. The minimum Gasteiger partial charge on any atom is -0.383 e. The summed E-state index contributed by atoms with van der Waals surface area (Å²) in [6.07, 6.45) is 0. The summed E-state index contributed by atoms with van der Waals surface area (Å²) < 4.78 is 4.88. The quantitative estimate of drug-likeness (QED) is 0.697. The highest BCUT2D eigenvalue weighted by Gasteiger charge is 2.07. The molecule has 1 aromatic rings. The van der Waals surface area contributed by atoms with Crippen LogP contribution in [-0.4, -0.2) is 32.7 Å². The van der Waals surface area contributed by atoms with Crippen molar-refractivity contribution in [2.45, 2.75) is 13.0 Å². The van der Waals surface area contributed by atoms with Crippen molar-refractivity contribution in [1.82, 2.24) is 10.6 Å². The summed E-state index contributed by atoms with van der Waals surface area (Å²) in [5.41, 5.74) is 1.11. The first kappa shape index (κ1) is 13.7. The van der Waals surface area contributed by atoms with Gasteiger partial charge < -0.3 is 15.4 Å². The molecule has 2 N–H and O–H groups in total. The van der Waals surface area contributed by atoms with Crippen LogP contribution in [0.25, 0.3) is 0 Å². The maximum atomic E-state index is 11.6. The number of methoxy groups -OCH3 is 1. The van der Waals surface area contributed by atoms with Crippen LogP contribution < -0.4 is 10.6 Å². The first-order valence-corrected chi connectivity index (χ1v) is 5.78. The van der Waals surface area contributed by atoms with Crippen molar-refractivity contribution in [2.24, 2.45) is 0 Å². The van der Waals surface area contributed by atoms with Crippen molar-refractivity contribution in [3.8, 4) is 0 Å². The molecule has 1 aromatic carbocycles. The van der Waals surface area contributed by atoms with E-state index in [0.717, 1.165) is 5.56 Å². The molecule has 0 spiro atoms. The average molecular weight is 236 g/mol. The lowest BCUT2D eigenvalue weighted by atomic mass is 10.1. The van der Waals surface area contributed by atoms with Crippen molar-refractivity contribution >= 4 is 5.91 Å². The van der Waals surface area contributed by atoms with Crippen LogP contribution in [0.3, 0.4) is 0 Å². The third kappa shape index (κ3) is 5.47. The van der Waals surface area contributed by atoms with Gasteiger partial charge in [-0.05, 0) is 12.5 Å². The Morgan fingerprint density at radius 2 is 2.06 bits per heavy atom. The second-order valence-electron chi connectivity index (χ2n) is 3.87. The summed E-state index contributed by atoms with van der Waals surface area (Å²) in [7, 11) is 1.64. The van der Waals surface area contributed by atoms with Gasteiger partial charge in [0.15, 0.2) is 0 Å².